The summed E-state index contributed by atoms with van der Waals surface area (Å²) in [4.78, 5) is 0. The van der Waals surface area contributed by atoms with Crippen molar-refractivity contribution >= 4 is 10.9 Å². The number of aromatic nitrogens is 2. The van der Waals surface area contributed by atoms with Crippen LogP contribution in [0.1, 0.15) is 5.69 Å². The number of pyridine rings is 1. The highest BCUT2D eigenvalue weighted by Crippen LogP contribution is 2.28. The Morgan fingerprint density at radius 1 is 1.15 bits per heavy atom. The molecule has 4 nitrogen and oxygen atoms in total. The van der Waals surface area contributed by atoms with Gasteiger partial charge < -0.3 is 14.5 Å². The zero-order valence-electron chi connectivity index (χ0n) is 11.5. The summed E-state index contributed by atoms with van der Waals surface area (Å²) in [6.07, 6.45) is 1.97. The Kier molecular flexibility index (Phi) is 3.16. The van der Waals surface area contributed by atoms with E-state index in [-0.39, 0.29) is 0 Å². The van der Waals surface area contributed by atoms with E-state index in [1.54, 1.807) is 7.11 Å². The zero-order chi connectivity index (χ0) is 14.1. The number of methoxy groups -OCH3 is 1. The second kappa shape index (κ2) is 4.98. The number of aryl methyl sites for hydroxylation is 1. The second-order valence-electron chi connectivity index (χ2n) is 4.79. The Labute approximate surface area is 117 Å². The number of benzene rings is 1. The molecule has 0 unspecified atom stereocenters. The molecule has 2 aromatic heterocycles. The SMILES string of the molecule is COCn1cc(-c2cccc(C)[n+]2[O-])c2ccccc21. The molecule has 0 fully saturated rings. The average molecular weight is 268 g/mol. The van der Waals surface area contributed by atoms with Gasteiger partial charge in [-0.1, -0.05) is 18.2 Å². The Balaban J connectivity index is 2.28. The molecule has 0 aliphatic heterocycles. The first-order chi connectivity index (χ1) is 9.72. The van der Waals surface area contributed by atoms with E-state index >= 15 is 0 Å². The van der Waals surface area contributed by atoms with Crippen molar-refractivity contribution in [1.29, 1.82) is 0 Å². The molecule has 0 aliphatic rings. The van der Waals surface area contributed by atoms with Crippen molar-refractivity contribution in [3.63, 3.8) is 0 Å². The molecule has 0 aliphatic carbocycles. The highest BCUT2D eigenvalue weighted by atomic mass is 16.5. The van der Waals surface area contributed by atoms with Gasteiger partial charge in [0.15, 0.2) is 5.69 Å². The quantitative estimate of drug-likeness (QED) is 0.541. The van der Waals surface area contributed by atoms with Crippen LogP contribution in [0, 0.1) is 12.1 Å². The van der Waals surface area contributed by atoms with Gasteiger partial charge in [-0.25, -0.2) is 0 Å². The van der Waals surface area contributed by atoms with Crippen LogP contribution in [-0.4, -0.2) is 11.7 Å². The van der Waals surface area contributed by atoms with Gasteiger partial charge in [-0.05, 0) is 12.1 Å². The summed E-state index contributed by atoms with van der Waals surface area (Å²) in [7, 11) is 1.66. The number of para-hydroxylation sites is 1. The second-order valence-corrected chi connectivity index (χ2v) is 4.79. The molecule has 4 heteroatoms. The van der Waals surface area contributed by atoms with E-state index < -0.39 is 0 Å². The first-order valence-electron chi connectivity index (χ1n) is 6.48. The largest absolute Gasteiger partial charge is 0.618 e. The molecular weight excluding hydrogens is 252 g/mol. The van der Waals surface area contributed by atoms with Crippen molar-refractivity contribution in [2.24, 2.45) is 0 Å². The molecule has 0 saturated heterocycles. The molecule has 102 valence electrons. The lowest BCUT2D eigenvalue weighted by atomic mass is 10.1. The lowest BCUT2D eigenvalue weighted by molar-refractivity contribution is -0.600. The molecule has 3 aromatic rings. The molecular formula is C16H16N2O2. The highest BCUT2D eigenvalue weighted by molar-refractivity contribution is 5.94. The third-order valence-corrected chi connectivity index (χ3v) is 3.46. The normalized spacial score (nSPS) is 11.1. The minimum absolute atomic E-state index is 0.463. The number of nitrogens with zero attached hydrogens (tertiary/aromatic N) is 2. The van der Waals surface area contributed by atoms with Crippen molar-refractivity contribution < 1.29 is 9.47 Å². The standard InChI is InChI=1S/C16H16N2O2/c1-12-6-5-9-16(18(12)19)14-10-17(11-20-2)15-8-4-3-7-13(14)15/h3-10H,11H2,1-2H3. The van der Waals surface area contributed by atoms with Crippen molar-refractivity contribution in [3.8, 4) is 11.3 Å². The van der Waals surface area contributed by atoms with Crippen LogP contribution in [0.2, 0.25) is 0 Å². The molecule has 0 atom stereocenters. The van der Waals surface area contributed by atoms with Gasteiger partial charge in [0.05, 0.1) is 11.1 Å². The number of rotatable bonds is 3. The maximum absolute atomic E-state index is 12.3. The fraction of sp³-hybridized carbons (Fsp3) is 0.188. The van der Waals surface area contributed by atoms with Gasteiger partial charge in [0.25, 0.3) is 0 Å². The highest BCUT2D eigenvalue weighted by Gasteiger charge is 2.17. The van der Waals surface area contributed by atoms with E-state index in [0.29, 0.717) is 18.1 Å². The fourth-order valence-electron chi connectivity index (χ4n) is 2.50. The maximum atomic E-state index is 12.3. The van der Waals surface area contributed by atoms with Crippen LogP contribution in [0.15, 0.2) is 48.7 Å². The van der Waals surface area contributed by atoms with Crippen molar-refractivity contribution in [3.05, 3.63) is 59.6 Å². The van der Waals surface area contributed by atoms with Gasteiger partial charge in [0.2, 0.25) is 5.69 Å². The van der Waals surface area contributed by atoms with E-state index in [9.17, 15) is 5.21 Å². The fourth-order valence-corrected chi connectivity index (χ4v) is 2.50. The first-order valence-corrected chi connectivity index (χ1v) is 6.48. The average Bonchev–Trinajstić information content (AvgIpc) is 2.82. The Morgan fingerprint density at radius 3 is 2.75 bits per heavy atom. The third-order valence-electron chi connectivity index (χ3n) is 3.46. The number of hydrogen-bond donors (Lipinski definition) is 0. The van der Waals surface area contributed by atoms with E-state index in [2.05, 4.69) is 0 Å². The van der Waals surface area contributed by atoms with Gasteiger partial charge >= 0.3 is 0 Å². The van der Waals surface area contributed by atoms with Gasteiger partial charge in [-0.3, -0.25) is 0 Å². The summed E-state index contributed by atoms with van der Waals surface area (Å²) >= 11 is 0. The van der Waals surface area contributed by atoms with Crippen LogP contribution < -0.4 is 4.73 Å². The van der Waals surface area contributed by atoms with Crippen LogP contribution in [0.4, 0.5) is 0 Å². The predicted molar refractivity (Wildman–Crippen MR) is 78.1 cm³/mol. The molecule has 0 N–H and O–H groups in total. The Morgan fingerprint density at radius 2 is 1.95 bits per heavy atom. The maximum Gasteiger partial charge on any atom is 0.226 e. The molecule has 2 heterocycles. The van der Waals surface area contributed by atoms with E-state index in [1.165, 1.54) is 0 Å². The first kappa shape index (κ1) is 12.7. The monoisotopic (exact) mass is 268 g/mol. The lowest BCUT2D eigenvalue weighted by Gasteiger charge is -2.05. The third kappa shape index (κ3) is 1.94. The Bertz CT molecular complexity index is 762. The summed E-state index contributed by atoms with van der Waals surface area (Å²) < 4.78 is 8.20. The molecule has 20 heavy (non-hydrogen) atoms. The molecule has 0 spiro atoms. The summed E-state index contributed by atoms with van der Waals surface area (Å²) in [6, 6.07) is 13.6. The van der Waals surface area contributed by atoms with Crippen LogP contribution in [0.5, 0.6) is 0 Å². The van der Waals surface area contributed by atoms with Crippen LogP contribution in [0.25, 0.3) is 22.2 Å². The molecule has 0 radical (unpaired) electrons. The smallest absolute Gasteiger partial charge is 0.226 e. The summed E-state index contributed by atoms with van der Waals surface area (Å²) in [6.45, 7) is 2.27. The van der Waals surface area contributed by atoms with Gasteiger partial charge in [-0.2, -0.15) is 4.73 Å². The van der Waals surface area contributed by atoms with Crippen LogP contribution in [-0.2, 0) is 11.5 Å². The van der Waals surface area contributed by atoms with Crippen molar-refractivity contribution in [1.82, 2.24) is 4.57 Å². The van der Waals surface area contributed by atoms with E-state index in [0.717, 1.165) is 21.2 Å². The van der Waals surface area contributed by atoms with Crippen LogP contribution in [0.3, 0.4) is 0 Å². The minimum Gasteiger partial charge on any atom is -0.618 e. The molecule has 0 bridgehead atoms. The lowest BCUT2D eigenvalue weighted by Crippen LogP contribution is -2.32. The van der Waals surface area contributed by atoms with Gasteiger partial charge in [0.1, 0.15) is 6.73 Å². The van der Waals surface area contributed by atoms with Gasteiger partial charge in [-0.15, -0.1) is 0 Å². The van der Waals surface area contributed by atoms with Crippen LogP contribution >= 0.6 is 0 Å². The van der Waals surface area contributed by atoms with Gasteiger partial charge in [0, 0.05) is 37.7 Å². The number of fused-ring (bicyclic) bond motifs is 1. The van der Waals surface area contributed by atoms with Crippen molar-refractivity contribution in [2.75, 3.05) is 7.11 Å². The summed E-state index contributed by atoms with van der Waals surface area (Å²) in [5, 5.41) is 13.3. The Hall–Kier alpha value is -2.33. The van der Waals surface area contributed by atoms with E-state index in [4.69, 9.17) is 4.74 Å². The molecule has 3 rings (SSSR count). The molecule has 0 saturated carbocycles. The molecule has 0 amide bonds. The zero-order valence-corrected chi connectivity index (χ0v) is 11.5. The number of ether oxygens (including phenoxy) is 1. The van der Waals surface area contributed by atoms with E-state index in [1.807, 2.05) is 60.2 Å². The predicted octanol–water partition coefficient (Wildman–Crippen LogP) is 2.85. The summed E-state index contributed by atoms with van der Waals surface area (Å²) in [5.41, 5.74) is 3.34. The molecule has 1 aromatic carbocycles. The summed E-state index contributed by atoms with van der Waals surface area (Å²) in [5.74, 6) is 0. The topological polar surface area (TPSA) is 41.1 Å². The minimum atomic E-state index is 0.463. The van der Waals surface area contributed by atoms with Crippen molar-refractivity contribution in [2.45, 2.75) is 13.7 Å². The number of hydrogen-bond acceptors (Lipinski definition) is 2.